The first-order chi connectivity index (χ1) is 23.4. The predicted molar refractivity (Wildman–Crippen MR) is 192 cm³/mol. The van der Waals surface area contributed by atoms with Gasteiger partial charge in [0.15, 0.2) is 12.4 Å². The summed E-state index contributed by atoms with van der Waals surface area (Å²) in [6, 6.07) is 3.97. The van der Waals surface area contributed by atoms with Gasteiger partial charge in [0.2, 0.25) is 0 Å². The maximum atomic E-state index is 13.6. The molecule has 9 heteroatoms. The summed E-state index contributed by atoms with van der Waals surface area (Å²) < 4.78 is 24.5. The number of carbonyl (C=O) groups is 2. The highest BCUT2D eigenvalue weighted by atomic mass is 79.9. The molecule has 1 aliphatic heterocycles. The lowest BCUT2D eigenvalue weighted by Gasteiger charge is -2.30. The second-order valence-corrected chi connectivity index (χ2v) is 13.1. The Morgan fingerprint density at radius 3 is 1.53 bits per heavy atom. The number of unbranched alkanes of at least 4 members (excludes halogenated alkanes) is 13. The highest BCUT2D eigenvalue weighted by Gasteiger charge is 2.39. The van der Waals surface area contributed by atoms with Gasteiger partial charge in [-0.25, -0.2) is 14.2 Å². The van der Waals surface area contributed by atoms with Crippen molar-refractivity contribution in [1.29, 1.82) is 0 Å². The van der Waals surface area contributed by atoms with E-state index >= 15 is 0 Å². The molecule has 1 aliphatic rings. The van der Waals surface area contributed by atoms with E-state index in [1.165, 1.54) is 83.5 Å². The van der Waals surface area contributed by atoms with Crippen LogP contribution < -0.4 is 26.9 Å². The van der Waals surface area contributed by atoms with Crippen LogP contribution in [0.4, 0.5) is 0 Å². The molecule has 0 aromatic carbocycles. The SMILES string of the molecule is CCCCCCCCCCCCCCCC[n+]1cccc(C2C(C(=O)OCCOCCC)=C(C)NC(C)=C2C(=O)OCCOCCC)c1.[Br-]. The first-order valence-corrected chi connectivity index (χ1v) is 19.1. The Kier molecular flexibility index (Phi) is 26.0. The number of ether oxygens (including phenoxy) is 4. The molecule has 0 fully saturated rings. The van der Waals surface area contributed by atoms with Crippen molar-refractivity contribution >= 4 is 11.9 Å². The number of aromatic nitrogens is 1. The molecule has 8 nitrogen and oxygen atoms in total. The third kappa shape index (κ3) is 18.0. The lowest BCUT2D eigenvalue weighted by atomic mass is 9.81. The van der Waals surface area contributed by atoms with E-state index < -0.39 is 17.9 Å². The van der Waals surface area contributed by atoms with E-state index in [2.05, 4.69) is 29.2 Å². The molecule has 280 valence electrons. The molecular formula is C40H67BrN2O6. The van der Waals surface area contributed by atoms with Crippen LogP contribution >= 0.6 is 0 Å². The Bertz CT molecular complexity index is 1070. The van der Waals surface area contributed by atoms with Crippen molar-refractivity contribution < 1.29 is 50.1 Å². The van der Waals surface area contributed by atoms with E-state index in [9.17, 15) is 9.59 Å². The number of carbonyl (C=O) groups excluding carboxylic acids is 2. The molecule has 0 atom stereocenters. The van der Waals surface area contributed by atoms with E-state index in [4.69, 9.17) is 18.9 Å². The fraction of sp³-hybridized carbons (Fsp3) is 0.725. The average molecular weight is 752 g/mol. The first-order valence-electron chi connectivity index (χ1n) is 19.1. The topological polar surface area (TPSA) is 87.0 Å². The number of hydrogen-bond donors (Lipinski definition) is 1. The van der Waals surface area contributed by atoms with Crippen molar-refractivity contribution in [3.63, 3.8) is 0 Å². The van der Waals surface area contributed by atoms with Crippen molar-refractivity contribution in [3.8, 4) is 0 Å². The van der Waals surface area contributed by atoms with Crippen LogP contribution in [0.2, 0.25) is 0 Å². The van der Waals surface area contributed by atoms with Gasteiger partial charge in [-0.2, -0.15) is 0 Å². The molecule has 0 spiro atoms. The van der Waals surface area contributed by atoms with Crippen LogP contribution in [0.25, 0.3) is 0 Å². The van der Waals surface area contributed by atoms with Crippen molar-refractivity contribution in [1.82, 2.24) is 5.32 Å². The molecule has 0 saturated carbocycles. The van der Waals surface area contributed by atoms with Crippen molar-refractivity contribution in [2.24, 2.45) is 0 Å². The van der Waals surface area contributed by atoms with Gasteiger partial charge in [-0.05, 0) is 39.2 Å². The summed E-state index contributed by atoms with van der Waals surface area (Å²) in [4.78, 5) is 27.1. The molecular weight excluding hydrogens is 684 g/mol. The lowest BCUT2D eigenvalue weighted by molar-refractivity contribution is -0.697. The Hall–Kier alpha value is -2.23. The lowest BCUT2D eigenvalue weighted by Crippen LogP contribution is -3.00. The van der Waals surface area contributed by atoms with Crippen LogP contribution in [-0.4, -0.2) is 51.6 Å². The summed E-state index contributed by atoms with van der Waals surface area (Å²) in [5.74, 6) is -1.55. The van der Waals surface area contributed by atoms with Crippen LogP contribution in [0.5, 0.6) is 0 Å². The monoisotopic (exact) mass is 750 g/mol. The van der Waals surface area contributed by atoms with Gasteiger partial charge in [0, 0.05) is 42.7 Å². The molecule has 0 amide bonds. The fourth-order valence-electron chi connectivity index (χ4n) is 6.24. The molecule has 1 aromatic heterocycles. The van der Waals surface area contributed by atoms with E-state index in [-0.39, 0.29) is 30.2 Å². The summed E-state index contributed by atoms with van der Waals surface area (Å²) in [6.07, 6.45) is 24.5. The zero-order valence-electron chi connectivity index (χ0n) is 31.4. The number of esters is 2. The highest BCUT2D eigenvalue weighted by Crippen LogP contribution is 2.38. The van der Waals surface area contributed by atoms with Gasteiger partial charge in [-0.3, -0.25) is 0 Å². The van der Waals surface area contributed by atoms with Crippen LogP contribution in [0.1, 0.15) is 149 Å². The Balaban J connectivity index is 0.0000120. The predicted octanol–water partition coefficient (Wildman–Crippen LogP) is 5.63. The van der Waals surface area contributed by atoms with E-state index in [0.29, 0.717) is 49.0 Å². The van der Waals surface area contributed by atoms with Gasteiger partial charge in [0.05, 0.1) is 30.3 Å². The minimum Gasteiger partial charge on any atom is -1.00 e. The number of aryl methyl sites for hydroxylation is 1. The molecule has 0 radical (unpaired) electrons. The van der Waals surface area contributed by atoms with Crippen molar-refractivity contribution in [3.05, 3.63) is 52.6 Å². The molecule has 1 aromatic rings. The van der Waals surface area contributed by atoms with Crippen LogP contribution in [0.15, 0.2) is 47.1 Å². The molecule has 0 saturated heterocycles. The number of nitrogens with one attached hydrogen (secondary N) is 1. The molecule has 1 N–H and O–H groups in total. The second-order valence-electron chi connectivity index (χ2n) is 13.1. The van der Waals surface area contributed by atoms with Gasteiger partial charge in [-0.1, -0.05) is 97.8 Å². The number of rotatable bonds is 28. The quantitative estimate of drug-likeness (QED) is 0.0675. The van der Waals surface area contributed by atoms with E-state index in [0.717, 1.165) is 31.4 Å². The number of allylic oxidation sites excluding steroid dienone is 2. The van der Waals surface area contributed by atoms with Gasteiger partial charge in [0.1, 0.15) is 19.8 Å². The van der Waals surface area contributed by atoms with Gasteiger partial charge in [0.25, 0.3) is 0 Å². The second kappa shape index (κ2) is 28.5. The number of halogens is 1. The van der Waals surface area contributed by atoms with Gasteiger partial charge >= 0.3 is 11.9 Å². The van der Waals surface area contributed by atoms with Crippen LogP contribution in [-0.2, 0) is 35.1 Å². The molecule has 0 bridgehead atoms. The number of pyridine rings is 1. The fourth-order valence-corrected chi connectivity index (χ4v) is 6.24. The molecule has 0 aliphatic carbocycles. The minimum absolute atomic E-state index is 0. The third-order valence-electron chi connectivity index (χ3n) is 8.80. The number of dihydropyridines is 1. The molecule has 0 unspecified atom stereocenters. The number of nitrogens with zero attached hydrogens (tertiary/aromatic N) is 1. The maximum absolute atomic E-state index is 13.6. The Morgan fingerprint density at radius 1 is 0.633 bits per heavy atom. The molecule has 2 heterocycles. The van der Waals surface area contributed by atoms with Crippen LogP contribution in [0.3, 0.4) is 0 Å². The first kappa shape index (κ1) is 44.8. The molecule has 2 rings (SSSR count). The molecule has 49 heavy (non-hydrogen) atoms. The average Bonchev–Trinajstić information content (AvgIpc) is 3.07. The van der Waals surface area contributed by atoms with Gasteiger partial charge < -0.3 is 41.2 Å². The van der Waals surface area contributed by atoms with Crippen LogP contribution in [0, 0.1) is 0 Å². The number of hydrogen-bond acceptors (Lipinski definition) is 7. The summed E-state index contributed by atoms with van der Waals surface area (Å²) in [5, 5.41) is 3.25. The smallest absolute Gasteiger partial charge is 0.336 e. The summed E-state index contributed by atoms with van der Waals surface area (Å²) >= 11 is 0. The summed E-state index contributed by atoms with van der Waals surface area (Å²) in [7, 11) is 0. The normalized spacial score (nSPS) is 13.3. The summed E-state index contributed by atoms with van der Waals surface area (Å²) in [6.45, 7) is 13.1. The largest absolute Gasteiger partial charge is 1.00 e. The minimum atomic E-state index is -0.622. The Labute approximate surface area is 308 Å². The zero-order valence-corrected chi connectivity index (χ0v) is 33.0. The zero-order chi connectivity index (χ0) is 34.8. The third-order valence-corrected chi connectivity index (χ3v) is 8.80. The van der Waals surface area contributed by atoms with Crippen molar-refractivity contribution in [2.45, 2.75) is 150 Å². The van der Waals surface area contributed by atoms with E-state index in [1.54, 1.807) is 0 Å². The standard InChI is InChI=1S/C40H66N2O6.BrH/c1-6-9-10-11-12-13-14-15-16-17-18-19-20-21-24-42-25-22-23-35(32-42)38-36(39(43)47-30-28-45-26-7-2)33(4)41-34(5)37(38)40(44)48-31-29-46-27-8-3;/h22-23,25,32,38H,6-21,24,26-31H2,1-5H3;1H. The maximum Gasteiger partial charge on any atom is 0.336 e. The summed E-state index contributed by atoms with van der Waals surface area (Å²) in [5.41, 5.74) is 3.02. The van der Waals surface area contributed by atoms with Gasteiger partial charge in [-0.15, -0.1) is 0 Å². The van der Waals surface area contributed by atoms with Crippen molar-refractivity contribution in [2.75, 3.05) is 39.6 Å². The van der Waals surface area contributed by atoms with E-state index in [1.807, 2.05) is 39.8 Å². The highest BCUT2D eigenvalue weighted by molar-refractivity contribution is 5.99. The Morgan fingerprint density at radius 2 is 1.08 bits per heavy atom.